The lowest BCUT2D eigenvalue weighted by Gasteiger charge is -2.14. The molecular weight excluding hydrogens is 292 g/mol. The summed E-state index contributed by atoms with van der Waals surface area (Å²) in [6, 6.07) is 8.28. The van der Waals surface area contributed by atoms with Crippen LogP contribution in [-0.4, -0.2) is 19.0 Å². The van der Waals surface area contributed by atoms with E-state index in [1.54, 1.807) is 0 Å². The average molecular weight is 313 g/mol. The van der Waals surface area contributed by atoms with Gasteiger partial charge in [0.05, 0.1) is 6.54 Å². The van der Waals surface area contributed by atoms with Gasteiger partial charge in [-0.3, -0.25) is 4.79 Å². The minimum atomic E-state index is 0.0488. The molecule has 0 saturated carbocycles. The molecule has 0 saturated heterocycles. The fourth-order valence-corrected chi connectivity index (χ4v) is 1.76. The molecule has 0 aliphatic carbocycles. The van der Waals surface area contributed by atoms with E-state index < -0.39 is 0 Å². The Labute approximate surface area is 117 Å². The molecule has 1 aromatic carbocycles. The summed E-state index contributed by atoms with van der Waals surface area (Å²) in [6.45, 7) is 7.30. The number of hydrogen-bond donors (Lipinski definition) is 2. The van der Waals surface area contributed by atoms with Crippen molar-refractivity contribution in [3.8, 4) is 0 Å². The predicted octanol–water partition coefficient (Wildman–Crippen LogP) is 2.87. The third-order valence-electron chi connectivity index (χ3n) is 2.65. The van der Waals surface area contributed by atoms with Crippen LogP contribution in [0.25, 0.3) is 0 Å². The van der Waals surface area contributed by atoms with Crippen molar-refractivity contribution in [2.75, 3.05) is 13.1 Å². The third-order valence-corrected chi connectivity index (χ3v) is 3.17. The monoisotopic (exact) mass is 312 g/mol. The normalized spacial score (nSPS) is 12.5. The number of nitrogens with one attached hydrogen (secondary N) is 2. The number of carbonyl (C=O) groups excluding carboxylic acids is 1. The fraction of sp³-hybridized carbons (Fsp3) is 0.500. The van der Waals surface area contributed by atoms with Crippen LogP contribution in [0.1, 0.15) is 32.4 Å². The first-order valence-corrected chi connectivity index (χ1v) is 7.04. The lowest BCUT2D eigenvalue weighted by Crippen LogP contribution is -2.36. The number of hydrogen-bond acceptors (Lipinski definition) is 2. The molecule has 0 aliphatic heterocycles. The van der Waals surface area contributed by atoms with E-state index in [9.17, 15) is 4.79 Å². The van der Waals surface area contributed by atoms with Crippen LogP contribution in [0.2, 0.25) is 0 Å². The van der Waals surface area contributed by atoms with Crippen LogP contribution in [0.15, 0.2) is 28.7 Å². The van der Waals surface area contributed by atoms with Crippen molar-refractivity contribution < 1.29 is 4.79 Å². The van der Waals surface area contributed by atoms with Crippen LogP contribution in [0.5, 0.6) is 0 Å². The van der Waals surface area contributed by atoms with Gasteiger partial charge in [-0.25, -0.2) is 0 Å². The van der Waals surface area contributed by atoms with Gasteiger partial charge in [0.1, 0.15) is 0 Å². The van der Waals surface area contributed by atoms with Crippen molar-refractivity contribution >= 4 is 21.8 Å². The Morgan fingerprint density at radius 2 is 1.83 bits per heavy atom. The molecule has 18 heavy (non-hydrogen) atoms. The number of amides is 1. The molecule has 1 atom stereocenters. The molecule has 100 valence electrons. The number of carbonyl (C=O) groups is 1. The molecule has 0 aliphatic rings. The molecule has 1 aromatic rings. The molecule has 3 nitrogen and oxygen atoms in total. The Hall–Kier alpha value is -0.870. The zero-order valence-electron chi connectivity index (χ0n) is 11.2. The SMILES string of the molecule is CC(C)CNC(=O)CNC(C)c1ccc(Br)cc1. The molecule has 1 rings (SSSR count). The van der Waals surface area contributed by atoms with Crippen LogP contribution in [0.3, 0.4) is 0 Å². The zero-order chi connectivity index (χ0) is 13.5. The van der Waals surface area contributed by atoms with E-state index in [1.165, 1.54) is 5.56 Å². The summed E-state index contributed by atoms with van der Waals surface area (Å²) in [5.41, 5.74) is 1.18. The molecule has 2 N–H and O–H groups in total. The van der Waals surface area contributed by atoms with Gasteiger partial charge < -0.3 is 10.6 Å². The van der Waals surface area contributed by atoms with E-state index >= 15 is 0 Å². The highest BCUT2D eigenvalue weighted by Gasteiger charge is 2.07. The van der Waals surface area contributed by atoms with Crippen molar-refractivity contribution in [1.82, 2.24) is 10.6 Å². The maximum absolute atomic E-state index is 11.6. The van der Waals surface area contributed by atoms with Gasteiger partial charge in [0.2, 0.25) is 5.91 Å². The van der Waals surface area contributed by atoms with Crippen LogP contribution in [-0.2, 0) is 4.79 Å². The van der Waals surface area contributed by atoms with Gasteiger partial charge in [-0.1, -0.05) is 41.9 Å². The van der Waals surface area contributed by atoms with Gasteiger partial charge in [0, 0.05) is 17.1 Å². The first-order valence-electron chi connectivity index (χ1n) is 6.24. The van der Waals surface area contributed by atoms with Crippen LogP contribution < -0.4 is 10.6 Å². The molecule has 4 heteroatoms. The molecule has 0 fully saturated rings. The zero-order valence-corrected chi connectivity index (χ0v) is 12.8. The average Bonchev–Trinajstić information content (AvgIpc) is 2.34. The Bertz CT molecular complexity index is 376. The molecule has 0 spiro atoms. The number of rotatable bonds is 6. The minimum Gasteiger partial charge on any atom is -0.355 e. The van der Waals surface area contributed by atoms with E-state index in [0.717, 1.165) is 11.0 Å². The summed E-state index contributed by atoms with van der Waals surface area (Å²) in [7, 11) is 0. The second kappa shape index (κ2) is 7.54. The molecule has 0 bridgehead atoms. The maximum atomic E-state index is 11.6. The van der Waals surface area contributed by atoms with Crippen molar-refractivity contribution in [3.05, 3.63) is 34.3 Å². The van der Waals surface area contributed by atoms with Gasteiger partial charge in [-0.15, -0.1) is 0 Å². The van der Waals surface area contributed by atoms with Gasteiger partial charge >= 0.3 is 0 Å². The summed E-state index contributed by atoms with van der Waals surface area (Å²) in [5.74, 6) is 0.533. The Morgan fingerprint density at radius 3 is 2.39 bits per heavy atom. The Balaban J connectivity index is 2.34. The molecule has 0 heterocycles. The molecule has 1 unspecified atom stereocenters. The first kappa shape index (κ1) is 15.2. The second-order valence-electron chi connectivity index (χ2n) is 4.85. The smallest absolute Gasteiger partial charge is 0.233 e. The van der Waals surface area contributed by atoms with E-state index in [0.29, 0.717) is 12.5 Å². The molecule has 0 aromatic heterocycles. The molecule has 0 radical (unpaired) electrons. The van der Waals surface area contributed by atoms with E-state index in [1.807, 2.05) is 24.3 Å². The lowest BCUT2D eigenvalue weighted by molar-refractivity contribution is -0.120. The topological polar surface area (TPSA) is 41.1 Å². The summed E-state index contributed by atoms with van der Waals surface area (Å²) in [6.07, 6.45) is 0. The van der Waals surface area contributed by atoms with Crippen molar-refractivity contribution in [2.24, 2.45) is 5.92 Å². The highest BCUT2D eigenvalue weighted by molar-refractivity contribution is 9.10. The van der Waals surface area contributed by atoms with Crippen molar-refractivity contribution in [3.63, 3.8) is 0 Å². The standard InChI is InChI=1S/C14H21BrN2O/c1-10(2)8-17-14(18)9-16-11(3)12-4-6-13(15)7-5-12/h4-7,10-11,16H,8-9H2,1-3H3,(H,17,18). The van der Waals surface area contributed by atoms with Crippen LogP contribution in [0.4, 0.5) is 0 Å². The quantitative estimate of drug-likeness (QED) is 0.848. The van der Waals surface area contributed by atoms with Crippen LogP contribution in [0, 0.1) is 5.92 Å². The van der Waals surface area contributed by atoms with Gasteiger partial charge in [-0.2, -0.15) is 0 Å². The van der Waals surface area contributed by atoms with E-state index in [-0.39, 0.29) is 11.9 Å². The van der Waals surface area contributed by atoms with E-state index in [4.69, 9.17) is 0 Å². The van der Waals surface area contributed by atoms with Gasteiger partial charge in [0.25, 0.3) is 0 Å². The minimum absolute atomic E-state index is 0.0488. The largest absolute Gasteiger partial charge is 0.355 e. The van der Waals surface area contributed by atoms with Crippen molar-refractivity contribution in [1.29, 1.82) is 0 Å². The predicted molar refractivity (Wildman–Crippen MR) is 78.4 cm³/mol. The van der Waals surface area contributed by atoms with Gasteiger partial charge in [0.15, 0.2) is 0 Å². The van der Waals surface area contributed by atoms with E-state index in [2.05, 4.69) is 47.3 Å². The highest BCUT2D eigenvalue weighted by Crippen LogP contribution is 2.16. The maximum Gasteiger partial charge on any atom is 0.233 e. The Kier molecular flexibility index (Phi) is 6.36. The van der Waals surface area contributed by atoms with Crippen molar-refractivity contribution in [2.45, 2.75) is 26.8 Å². The fourth-order valence-electron chi connectivity index (χ4n) is 1.50. The second-order valence-corrected chi connectivity index (χ2v) is 5.77. The third kappa shape index (κ3) is 5.65. The summed E-state index contributed by atoms with van der Waals surface area (Å²) in [5, 5.41) is 6.10. The summed E-state index contributed by atoms with van der Waals surface area (Å²) < 4.78 is 1.06. The summed E-state index contributed by atoms with van der Waals surface area (Å²) in [4.78, 5) is 11.6. The lowest BCUT2D eigenvalue weighted by atomic mass is 10.1. The Morgan fingerprint density at radius 1 is 1.22 bits per heavy atom. The highest BCUT2D eigenvalue weighted by atomic mass is 79.9. The van der Waals surface area contributed by atoms with Crippen LogP contribution >= 0.6 is 15.9 Å². The summed E-state index contributed by atoms with van der Waals surface area (Å²) >= 11 is 3.41. The number of halogens is 1. The molecule has 1 amide bonds. The van der Waals surface area contributed by atoms with Gasteiger partial charge in [-0.05, 0) is 30.5 Å². The molecular formula is C14H21BrN2O. The number of benzene rings is 1. The first-order chi connectivity index (χ1) is 8.49.